The molecule has 5 rings (SSSR count). The molecule has 1 aliphatic rings. The van der Waals surface area contributed by atoms with E-state index in [1.165, 1.54) is 27.9 Å². The summed E-state index contributed by atoms with van der Waals surface area (Å²) in [7, 11) is 1.59. The largest absolute Gasteiger partial charge is 0.493 e. The Kier molecular flexibility index (Phi) is 5.81. The van der Waals surface area contributed by atoms with E-state index in [4.69, 9.17) is 9.47 Å². The average Bonchev–Trinajstić information content (AvgIpc) is 3.52. The highest BCUT2D eigenvalue weighted by Crippen LogP contribution is 2.32. The molecule has 0 aliphatic carbocycles. The summed E-state index contributed by atoms with van der Waals surface area (Å²) in [6.45, 7) is 1.85. The van der Waals surface area contributed by atoms with Crippen molar-refractivity contribution in [2.45, 2.75) is 25.4 Å². The molecule has 0 atom stereocenters. The number of aromatic nitrogens is 2. The van der Waals surface area contributed by atoms with Crippen LogP contribution in [0.4, 0.5) is 0 Å². The summed E-state index contributed by atoms with van der Waals surface area (Å²) in [5.74, 6) is 1.64. The summed E-state index contributed by atoms with van der Waals surface area (Å²) >= 11 is 1.53. The van der Waals surface area contributed by atoms with Gasteiger partial charge in [0.15, 0.2) is 11.5 Å². The summed E-state index contributed by atoms with van der Waals surface area (Å²) in [5.41, 5.74) is 5.70. The molecule has 3 heterocycles. The molecule has 1 amide bonds. The van der Waals surface area contributed by atoms with Crippen LogP contribution in [0.25, 0.3) is 10.9 Å². The second-order valence-electron chi connectivity index (χ2n) is 8.01. The number of ether oxygens (including phenoxy) is 2. The number of carbonyl (C=O) groups is 1. The van der Waals surface area contributed by atoms with Crippen molar-refractivity contribution in [3.8, 4) is 11.5 Å². The molecule has 1 aliphatic heterocycles. The van der Waals surface area contributed by atoms with Gasteiger partial charge in [-0.25, -0.2) is 4.98 Å². The van der Waals surface area contributed by atoms with Crippen molar-refractivity contribution in [2.24, 2.45) is 0 Å². The van der Waals surface area contributed by atoms with E-state index in [0.29, 0.717) is 29.6 Å². The Morgan fingerprint density at radius 3 is 2.75 bits per heavy atom. The molecule has 1 N–H and O–H groups in total. The van der Waals surface area contributed by atoms with Crippen LogP contribution in [0.1, 0.15) is 40.5 Å². The minimum absolute atomic E-state index is 0.0319. The normalized spacial score (nSPS) is 14.6. The maximum absolute atomic E-state index is 13.1. The Morgan fingerprint density at radius 2 is 2.00 bits per heavy atom. The van der Waals surface area contributed by atoms with E-state index >= 15 is 0 Å². The molecular weight excluding hydrogens is 422 g/mol. The maximum atomic E-state index is 13.1. The van der Waals surface area contributed by atoms with Crippen LogP contribution >= 0.6 is 11.3 Å². The van der Waals surface area contributed by atoms with Crippen LogP contribution in [0.5, 0.6) is 11.5 Å². The molecule has 1 saturated heterocycles. The van der Waals surface area contributed by atoms with Gasteiger partial charge in [0.1, 0.15) is 6.61 Å². The molecule has 0 saturated carbocycles. The Morgan fingerprint density at radius 1 is 1.16 bits per heavy atom. The van der Waals surface area contributed by atoms with Gasteiger partial charge in [-0.05, 0) is 48.6 Å². The number of thiazole rings is 1. The van der Waals surface area contributed by atoms with Crippen molar-refractivity contribution in [3.05, 3.63) is 76.4 Å². The predicted molar refractivity (Wildman–Crippen MR) is 126 cm³/mol. The zero-order chi connectivity index (χ0) is 21.9. The summed E-state index contributed by atoms with van der Waals surface area (Å²) in [4.78, 5) is 22.8. The highest BCUT2D eigenvalue weighted by molar-refractivity contribution is 7.07. The lowest BCUT2D eigenvalue weighted by molar-refractivity contribution is 0.0711. The van der Waals surface area contributed by atoms with Crippen LogP contribution in [0, 0.1) is 0 Å². The number of fused-ring (bicyclic) bond motifs is 1. The number of piperidine rings is 1. The molecule has 6 nitrogen and oxygen atoms in total. The van der Waals surface area contributed by atoms with Crippen molar-refractivity contribution in [1.82, 2.24) is 14.9 Å². The van der Waals surface area contributed by atoms with Crippen LogP contribution < -0.4 is 9.47 Å². The van der Waals surface area contributed by atoms with Crippen LogP contribution in [-0.4, -0.2) is 41.0 Å². The van der Waals surface area contributed by atoms with E-state index in [2.05, 4.69) is 34.2 Å². The van der Waals surface area contributed by atoms with Crippen molar-refractivity contribution >= 4 is 28.1 Å². The molecule has 4 aromatic rings. The third-order valence-electron chi connectivity index (χ3n) is 6.04. The molecular formula is C25H25N3O3S. The number of methoxy groups -OCH3 is 1. The van der Waals surface area contributed by atoms with Crippen molar-refractivity contribution in [3.63, 3.8) is 0 Å². The molecule has 0 radical (unpaired) electrons. The van der Waals surface area contributed by atoms with Gasteiger partial charge < -0.3 is 19.4 Å². The molecule has 2 aromatic heterocycles. The number of nitrogens with zero attached hydrogens (tertiary/aromatic N) is 2. The van der Waals surface area contributed by atoms with Crippen LogP contribution in [-0.2, 0) is 6.61 Å². The zero-order valence-electron chi connectivity index (χ0n) is 17.9. The average molecular weight is 448 g/mol. The molecule has 2 aromatic carbocycles. The monoisotopic (exact) mass is 447 g/mol. The van der Waals surface area contributed by atoms with Gasteiger partial charge in [0.05, 0.1) is 18.3 Å². The number of para-hydroxylation sites is 1. The number of amides is 1. The van der Waals surface area contributed by atoms with Crippen LogP contribution in [0.3, 0.4) is 0 Å². The van der Waals surface area contributed by atoms with Gasteiger partial charge in [0.2, 0.25) is 0 Å². The molecule has 0 spiro atoms. The maximum Gasteiger partial charge on any atom is 0.253 e. The van der Waals surface area contributed by atoms with Crippen LogP contribution in [0.15, 0.2) is 59.4 Å². The Bertz CT molecular complexity index is 1180. The molecule has 0 unspecified atom stereocenters. The Balaban J connectivity index is 1.23. The number of H-pyrrole nitrogens is 1. The topological polar surface area (TPSA) is 67.5 Å². The minimum atomic E-state index is 0.0319. The highest BCUT2D eigenvalue weighted by atomic mass is 32.1. The van der Waals surface area contributed by atoms with E-state index in [1.54, 1.807) is 24.8 Å². The summed E-state index contributed by atoms with van der Waals surface area (Å²) in [6.07, 6.45) is 1.90. The summed E-state index contributed by atoms with van der Waals surface area (Å²) in [6, 6.07) is 16.0. The quantitative estimate of drug-likeness (QED) is 0.439. The zero-order valence-corrected chi connectivity index (χ0v) is 18.7. The van der Waals surface area contributed by atoms with Crippen LogP contribution in [0.2, 0.25) is 0 Å². The van der Waals surface area contributed by atoms with Gasteiger partial charge >= 0.3 is 0 Å². The lowest BCUT2D eigenvalue weighted by atomic mass is 9.93. The first-order valence-electron chi connectivity index (χ1n) is 10.8. The van der Waals surface area contributed by atoms with Crippen molar-refractivity contribution in [2.75, 3.05) is 20.2 Å². The first kappa shape index (κ1) is 20.6. The fourth-order valence-electron chi connectivity index (χ4n) is 4.27. The van der Waals surface area contributed by atoms with E-state index in [0.717, 1.165) is 31.6 Å². The summed E-state index contributed by atoms with van der Waals surface area (Å²) < 4.78 is 11.3. The molecule has 0 bridgehead atoms. The first-order chi connectivity index (χ1) is 15.7. The lowest BCUT2D eigenvalue weighted by Crippen LogP contribution is -2.38. The summed E-state index contributed by atoms with van der Waals surface area (Å²) in [5, 5.41) is 3.19. The number of benzene rings is 2. The number of hydrogen-bond donors (Lipinski definition) is 1. The predicted octanol–water partition coefficient (Wildman–Crippen LogP) is 5.23. The number of hydrogen-bond acceptors (Lipinski definition) is 5. The third-order valence-corrected chi connectivity index (χ3v) is 6.68. The highest BCUT2D eigenvalue weighted by Gasteiger charge is 2.26. The van der Waals surface area contributed by atoms with Gasteiger partial charge in [0, 0.05) is 41.2 Å². The SMILES string of the molecule is COc1cc(C(=O)N2CCC(c3cc4ccccc4[nH]3)CC2)ccc1OCc1cscn1. The lowest BCUT2D eigenvalue weighted by Gasteiger charge is -2.31. The van der Waals surface area contributed by atoms with Gasteiger partial charge in [-0.2, -0.15) is 0 Å². The smallest absolute Gasteiger partial charge is 0.253 e. The van der Waals surface area contributed by atoms with E-state index in [1.807, 2.05) is 22.4 Å². The fraction of sp³-hybridized carbons (Fsp3) is 0.280. The van der Waals surface area contributed by atoms with Gasteiger partial charge in [0.25, 0.3) is 5.91 Å². The standard InChI is InChI=1S/C25H25N3O3S/c1-30-24-13-19(6-7-23(24)31-14-20-15-32-16-26-20)25(29)28-10-8-17(9-11-28)22-12-18-4-2-3-5-21(18)27-22/h2-7,12-13,15-17,27H,8-11,14H2,1H3. The van der Waals surface area contributed by atoms with E-state index in [9.17, 15) is 4.79 Å². The van der Waals surface area contributed by atoms with Crippen molar-refractivity contribution in [1.29, 1.82) is 0 Å². The van der Waals surface area contributed by atoms with Crippen molar-refractivity contribution < 1.29 is 14.3 Å². The van der Waals surface area contributed by atoms with Gasteiger partial charge in [-0.3, -0.25) is 4.79 Å². The van der Waals surface area contributed by atoms with E-state index < -0.39 is 0 Å². The van der Waals surface area contributed by atoms with E-state index in [-0.39, 0.29) is 5.91 Å². The fourth-order valence-corrected chi connectivity index (χ4v) is 4.82. The molecule has 32 heavy (non-hydrogen) atoms. The number of nitrogens with one attached hydrogen (secondary N) is 1. The van der Waals surface area contributed by atoms with Gasteiger partial charge in [-0.1, -0.05) is 18.2 Å². The number of carbonyl (C=O) groups excluding carboxylic acids is 1. The molecule has 1 fully saturated rings. The molecule has 164 valence electrons. The minimum Gasteiger partial charge on any atom is -0.493 e. The second kappa shape index (κ2) is 9.04. The number of likely N-dealkylation sites (tertiary alicyclic amines) is 1. The Hall–Kier alpha value is -3.32. The van der Waals surface area contributed by atoms with Gasteiger partial charge in [-0.15, -0.1) is 11.3 Å². The number of aromatic amines is 1. The number of rotatable bonds is 6. The first-order valence-corrected chi connectivity index (χ1v) is 11.7. The third kappa shape index (κ3) is 4.21. The Labute approximate surface area is 190 Å². The second-order valence-corrected chi connectivity index (χ2v) is 8.73. The molecule has 7 heteroatoms.